The summed E-state index contributed by atoms with van der Waals surface area (Å²) in [6.07, 6.45) is 1.72. The molecule has 31 heavy (non-hydrogen) atoms. The van der Waals surface area contributed by atoms with Crippen molar-refractivity contribution in [3.05, 3.63) is 70.2 Å². The average Bonchev–Trinajstić information content (AvgIpc) is 3.19. The number of ether oxygens (including phenoxy) is 2. The molecule has 0 saturated carbocycles. The third-order valence-electron chi connectivity index (χ3n) is 5.46. The summed E-state index contributed by atoms with van der Waals surface area (Å²) >= 11 is 1.41. The van der Waals surface area contributed by atoms with Gasteiger partial charge in [0.25, 0.3) is 5.91 Å². The number of aromatic nitrogens is 1. The van der Waals surface area contributed by atoms with Crippen LogP contribution in [-0.2, 0) is 4.79 Å². The molecule has 0 fully saturated rings. The molecular formula is C23H23N3O4S. The van der Waals surface area contributed by atoms with Crippen molar-refractivity contribution in [1.82, 2.24) is 9.88 Å². The van der Waals surface area contributed by atoms with Crippen molar-refractivity contribution in [3.8, 4) is 11.5 Å². The Kier molecular flexibility index (Phi) is 5.65. The summed E-state index contributed by atoms with van der Waals surface area (Å²) in [5.41, 5.74) is 1.99. The van der Waals surface area contributed by atoms with Gasteiger partial charge in [-0.2, -0.15) is 0 Å². The number of thiazole rings is 1. The molecule has 160 valence electrons. The van der Waals surface area contributed by atoms with Gasteiger partial charge in [0.1, 0.15) is 0 Å². The van der Waals surface area contributed by atoms with Gasteiger partial charge in [-0.1, -0.05) is 24.3 Å². The van der Waals surface area contributed by atoms with Crippen LogP contribution in [0.5, 0.6) is 11.5 Å². The van der Waals surface area contributed by atoms with E-state index >= 15 is 0 Å². The minimum atomic E-state index is -0.624. The van der Waals surface area contributed by atoms with E-state index in [0.717, 1.165) is 10.4 Å². The fraction of sp³-hybridized carbons (Fsp3) is 0.261. The van der Waals surface area contributed by atoms with Gasteiger partial charge in [-0.05, 0) is 36.2 Å². The quantitative estimate of drug-likeness (QED) is 0.652. The summed E-state index contributed by atoms with van der Waals surface area (Å²) in [4.78, 5) is 33.5. The van der Waals surface area contributed by atoms with Crippen LogP contribution < -0.4 is 14.8 Å². The molecule has 2 heterocycles. The summed E-state index contributed by atoms with van der Waals surface area (Å²) in [6.45, 7) is 1.93. The zero-order valence-electron chi connectivity index (χ0n) is 17.7. The molecule has 0 aliphatic carbocycles. The van der Waals surface area contributed by atoms with E-state index in [1.165, 1.54) is 11.3 Å². The molecule has 8 heteroatoms. The van der Waals surface area contributed by atoms with Crippen molar-refractivity contribution in [1.29, 1.82) is 0 Å². The maximum atomic E-state index is 13.5. The van der Waals surface area contributed by atoms with Crippen molar-refractivity contribution in [2.45, 2.75) is 18.9 Å². The maximum absolute atomic E-state index is 13.5. The Labute approximate surface area is 184 Å². The zero-order valence-corrected chi connectivity index (χ0v) is 18.5. The summed E-state index contributed by atoms with van der Waals surface area (Å²) in [5, 5.41) is 3.47. The molecule has 0 radical (unpaired) electrons. The molecule has 0 spiro atoms. The molecule has 2 atom stereocenters. The van der Waals surface area contributed by atoms with E-state index in [1.807, 2.05) is 31.2 Å². The number of aryl methyl sites for hydroxylation is 1. The Bertz CT molecular complexity index is 1140. The first kappa shape index (κ1) is 20.9. The first-order valence-electron chi connectivity index (χ1n) is 9.76. The first-order chi connectivity index (χ1) is 14.9. The Morgan fingerprint density at radius 3 is 2.55 bits per heavy atom. The Balaban J connectivity index is 1.83. The molecule has 2 amide bonds. The van der Waals surface area contributed by atoms with Crippen LogP contribution in [0.1, 0.15) is 38.3 Å². The van der Waals surface area contributed by atoms with Crippen molar-refractivity contribution in [2.24, 2.45) is 0 Å². The van der Waals surface area contributed by atoms with E-state index in [4.69, 9.17) is 9.47 Å². The van der Waals surface area contributed by atoms with Crippen molar-refractivity contribution < 1.29 is 19.1 Å². The van der Waals surface area contributed by atoms with Crippen LogP contribution in [0.4, 0.5) is 5.13 Å². The smallest absolute Gasteiger partial charge is 0.254 e. The van der Waals surface area contributed by atoms with Crippen molar-refractivity contribution in [3.63, 3.8) is 0 Å². The number of carbonyl (C=O) groups is 2. The Morgan fingerprint density at radius 2 is 1.87 bits per heavy atom. The SMILES string of the molecule is COc1ccc([C@@H]2[C@@H](C(=O)Nc3ncc(C)s3)c3ccccc3C(=O)N2C)cc1OC. The third kappa shape index (κ3) is 3.74. The molecular weight excluding hydrogens is 414 g/mol. The molecule has 0 bridgehead atoms. The number of likely N-dealkylation sites (N-methyl/N-ethyl adjacent to an activating group) is 1. The average molecular weight is 438 g/mol. The topological polar surface area (TPSA) is 80.8 Å². The Morgan fingerprint density at radius 1 is 1.13 bits per heavy atom. The van der Waals surface area contributed by atoms with E-state index in [9.17, 15) is 9.59 Å². The van der Waals surface area contributed by atoms with Gasteiger partial charge >= 0.3 is 0 Å². The number of fused-ring (bicyclic) bond motifs is 1. The van der Waals surface area contributed by atoms with Crippen LogP contribution in [0.15, 0.2) is 48.7 Å². The summed E-state index contributed by atoms with van der Waals surface area (Å²) < 4.78 is 10.8. The normalized spacial score (nSPS) is 17.8. The summed E-state index contributed by atoms with van der Waals surface area (Å²) in [7, 11) is 4.84. The number of anilines is 1. The van der Waals surface area contributed by atoms with Crippen LogP contribution in [-0.4, -0.2) is 43.0 Å². The minimum absolute atomic E-state index is 0.135. The predicted molar refractivity (Wildman–Crippen MR) is 119 cm³/mol. The molecule has 0 saturated heterocycles. The highest BCUT2D eigenvalue weighted by atomic mass is 32.1. The third-order valence-corrected chi connectivity index (χ3v) is 6.29. The lowest BCUT2D eigenvalue weighted by atomic mass is 9.79. The Hall–Kier alpha value is -3.39. The molecule has 1 aliphatic heterocycles. The van der Waals surface area contributed by atoms with Crippen LogP contribution in [0.25, 0.3) is 0 Å². The fourth-order valence-corrected chi connectivity index (χ4v) is 4.67. The lowest BCUT2D eigenvalue weighted by Gasteiger charge is -2.39. The molecule has 2 aromatic carbocycles. The number of hydrogen-bond acceptors (Lipinski definition) is 6. The van der Waals surface area contributed by atoms with E-state index in [1.54, 1.807) is 50.6 Å². The van der Waals surface area contributed by atoms with E-state index in [-0.39, 0.29) is 11.8 Å². The second-order valence-electron chi connectivity index (χ2n) is 7.31. The maximum Gasteiger partial charge on any atom is 0.254 e. The van der Waals surface area contributed by atoms with Gasteiger partial charge in [0.05, 0.1) is 26.2 Å². The fourth-order valence-electron chi connectivity index (χ4n) is 4.01. The number of amides is 2. The molecule has 3 aromatic rings. The second kappa shape index (κ2) is 8.39. The van der Waals surface area contributed by atoms with Gasteiger partial charge in [-0.3, -0.25) is 9.59 Å². The van der Waals surface area contributed by atoms with Gasteiger partial charge in [0.15, 0.2) is 16.6 Å². The number of benzene rings is 2. The lowest BCUT2D eigenvalue weighted by Crippen LogP contribution is -2.44. The monoisotopic (exact) mass is 437 g/mol. The van der Waals surface area contributed by atoms with Gasteiger partial charge in [0, 0.05) is 23.7 Å². The molecule has 1 aliphatic rings. The van der Waals surface area contributed by atoms with E-state index in [2.05, 4.69) is 10.3 Å². The van der Waals surface area contributed by atoms with Crippen molar-refractivity contribution >= 4 is 28.3 Å². The molecule has 7 nitrogen and oxygen atoms in total. The van der Waals surface area contributed by atoms with Crippen LogP contribution in [0, 0.1) is 6.92 Å². The summed E-state index contributed by atoms with van der Waals surface area (Å²) in [6, 6.07) is 12.2. The minimum Gasteiger partial charge on any atom is -0.493 e. The van der Waals surface area contributed by atoms with Crippen molar-refractivity contribution in [2.75, 3.05) is 26.6 Å². The molecule has 1 N–H and O–H groups in total. The molecule has 4 rings (SSSR count). The van der Waals surface area contributed by atoms with Gasteiger partial charge in [0.2, 0.25) is 5.91 Å². The van der Waals surface area contributed by atoms with E-state index < -0.39 is 12.0 Å². The van der Waals surface area contributed by atoms with Gasteiger partial charge < -0.3 is 19.7 Å². The number of rotatable bonds is 5. The van der Waals surface area contributed by atoms with Crippen LogP contribution in [0.3, 0.4) is 0 Å². The van der Waals surface area contributed by atoms with E-state index in [0.29, 0.717) is 27.8 Å². The highest BCUT2D eigenvalue weighted by molar-refractivity contribution is 7.15. The predicted octanol–water partition coefficient (Wildman–Crippen LogP) is 4.02. The highest BCUT2D eigenvalue weighted by Gasteiger charge is 2.43. The number of carbonyl (C=O) groups excluding carboxylic acids is 2. The van der Waals surface area contributed by atoms with Gasteiger partial charge in [-0.25, -0.2) is 4.98 Å². The number of hydrogen-bond donors (Lipinski definition) is 1. The number of methoxy groups -OCH3 is 2. The van der Waals surface area contributed by atoms with Gasteiger partial charge in [-0.15, -0.1) is 11.3 Å². The highest BCUT2D eigenvalue weighted by Crippen LogP contribution is 2.44. The second-order valence-corrected chi connectivity index (χ2v) is 8.54. The number of nitrogens with one attached hydrogen (secondary N) is 1. The molecule has 1 aromatic heterocycles. The zero-order chi connectivity index (χ0) is 22.1. The number of nitrogens with zero attached hydrogens (tertiary/aromatic N) is 2. The lowest BCUT2D eigenvalue weighted by molar-refractivity contribution is -0.119. The first-order valence-corrected chi connectivity index (χ1v) is 10.6. The van der Waals surface area contributed by atoms with Crippen LogP contribution in [0.2, 0.25) is 0 Å². The summed E-state index contributed by atoms with van der Waals surface area (Å²) in [5.74, 6) is 0.136. The standard InChI is InChI=1S/C23H23N3O4S/c1-13-12-24-23(31-13)25-21(27)19-15-7-5-6-8-16(15)22(28)26(2)20(19)14-9-10-17(29-3)18(11-14)30-4/h5-12,19-20H,1-4H3,(H,24,25,27)/t19-,20+/m0/s1. The molecule has 0 unspecified atom stereocenters. The largest absolute Gasteiger partial charge is 0.493 e. The van der Waals surface area contributed by atoms with Crippen LogP contribution >= 0.6 is 11.3 Å².